The predicted molar refractivity (Wildman–Crippen MR) is 90.1 cm³/mol. The van der Waals surface area contributed by atoms with Crippen LogP contribution in [0.25, 0.3) is 0 Å². The van der Waals surface area contributed by atoms with Gasteiger partial charge in [0.2, 0.25) is 0 Å². The van der Waals surface area contributed by atoms with Crippen LogP contribution < -0.4 is 10.2 Å². The van der Waals surface area contributed by atoms with Crippen LogP contribution in [0.1, 0.15) is 31.9 Å². The van der Waals surface area contributed by atoms with Gasteiger partial charge in [0.15, 0.2) is 0 Å². The first-order chi connectivity index (χ1) is 9.87. The SMILES string of the molecule is Cc1ccc(N(C)c2ccncc2CNC(C)(C)C)cc1. The van der Waals surface area contributed by atoms with Crippen molar-refractivity contribution < 1.29 is 0 Å². The van der Waals surface area contributed by atoms with E-state index in [9.17, 15) is 0 Å². The summed E-state index contributed by atoms with van der Waals surface area (Å²) in [6, 6.07) is 10.6. The van der Waals surface area contributed by atoms with Gasteiger partial charge in [-0.1, -0.05) is 17.7 Å². The summed E-state index contributed by atoms with van der Waals surface area (Å²) in [5, 5.41) is 3.53. The van der Waals surface area contributed by atoms with Gasteiger partial charge in [-0.05, 0) is 45.9 Å². The van der Waals surface area contributed by atoms with Crippen molar-refractivity contribution >= 4 is 11.4 Å². The quantitative estimate of drug-likeness (QED) is 0.917. The number of nitrogens with one attached hydrogen (secondary N) is 1. The van der Waals surface area contributed by atoms with Crippen LogP contribution >= 0.6 is 0 Å². The smallest absolute Gasteiger partial charge is 0.0484 e. The number of anilines is 2. The fourth-order valence-electron chi connectivity index (χ4n) is 2.15. The lowest BCUT2D eigenvalue weighted by Crippen LogP contribution is -2.35. The summed E-state index contributed by atoms with van der Waals surface area (Å²) in [5.74, 6) is 0. The maximum atomic E-state index is 4.27. The van der Waals surface area contributed by atoms with E-state index in [1.165, 1.54) is 22.5 Å². The van der Waals surface area contributed by atoms with Gasteiger partial charge in [0.05, 0.1) is 0 Å². The Kier molecular flexibility index (Phi) is 4.63. The molecule has 0 saturated heterocycles. The summed E-state index contributed by atoms with van der Waals surface area (Å²) < 4.78 is 0. The molecule has 0 saturated carbocycles. The first-order valence-corrected chi connectivity index (χ1v) is 7.35. The Hall–Kier alpha value is -1.87. The molecule has 0 atom stereocenters. The summed E-state index contributed by atoms with van der Waals surface area (Å²) in [6.45, 7) is 9.43. The van der Waals surface area contributed by atoms with Gasteiger partial charge in [-0.3, -0.25) is 4.98 Å². The van der Waals surface area contributed by atoms with E-state index in [-0.39, 0.29) is 5.54 Å². The summed E-state index contributed by atoms with van der Waals surface area (Å²) in [5.41, 5.74) is 4.94. The molecule has 0 radical (unpaired) electrons. The fraction of sp³-hybridized carbons (Fsp3) is 0.389. The van der Waals surface area contributed by atoms with Crippen molar-refractivity contribution in [3.8, 4) is 0 Å². The van der Waals surface area contributed by atoms with Gasteiger partial charge >= 0.3 is 0 Å². The van der Waals surface area contributed by atoms with Crippen LogP contribution in [0.2, 0.25) is 0 Å². The van der Waals surface area contributed by atoms with E-state index in [0.717, 1.165) is 6.54 Å². The van der Waals surface area contributed by atoms with E-state index in [4.69, 9.17) is 0 Å². The molecule has 0 amide bonds. The Bertz CT molecular complexity index is 582. The van der Waals surface area contributed by atoms with Crippen LogP contribution in [0.4, 0.5) is 11.4 Å². The van der Waals surface area contributed by atoms with Crippen molar-refractivity contribution in [3.05, 3.63) is 53.9 Å². The largest absolute Gasteiger partial charge is 0.344 e. The highest BCUT2D eigenvalue weighted by molar-refractivity contribution is 5.65. The normalized spacial score (nSPS) is 11.5. The third kappa shape index (κ3) is 4.30. The monoisotopic (exact) mass is 283 g/mol. The van der Waals surface area contributed by atoms with E-state index in [2.05, 4.69) is 80.3 Å². The fourth-order valence-corrected chi connectivity index (χ4v) is 2.15. The number of nitrogens with zero attached hydrogens (tertiary/aromatic N) is 2. The van der Waals surface area contributed by atoms with Gasteiger partial charge in [-0.2, -0.15) is 0 Å². The number of aryl methyl sites for hydroxylation is 1. The van der Waals surface area contributed by atoms with Crippen LogP contribution in [0.15, 0.2) is 42.7 Å². The second-order valence-corrected chi connectivity index (χ2v) is 6.50. The van der Waals surface area contributed by atoms with Crippen LogP contribution in [0.5, 0.6) is 0 Å². The molecule has 2 rings (SSSR count). The number of pyridine rings is 1. The summed E-state index contributed by atoms with van der Waals surface area (Å²) in [7, 11) is 2.10. The average Bonchev–Trinajstić information content (AvgIpc) is 2.45. The molecule has 2 aromatic rings. The van der Waals surface area contributed by atoms with Gasteiger partial charge in [-0.25, -0.2) is 0 Å². The van der Waals surface area contributed by atoms with Crippen molar-refractivity contribution in [2.45, 2.75) is 39.8 Å². The zero-order chi connectivity index (χ0) is 15.5. The Balaban J connectivity index is 2.24. The standard InChI is InChI=1S/C18H25N3/c1-14-6-8-16(9-7-14)21(5)17-10-11-19-12-15(17)13-20-18(2,3)4/h6-12,20H,13H2,1-5H3. The van der Waals surface area contributed by atoms with Crippen molar-refractivity contribution in [1.29, 1.82) is 0 Å². The maximum Gasteiger partial charge on any atom is 0.0484 e. The Morgan fingerprint density at radius 1 is 1.10 bits per heavy atom. The van der Waals surface area contributed by atoms with Gasteiger partial charge in [0, 0.05) is 48.5 Å². The highest BCUT2D eigenvalue weighted by Gasteiger charge is 2.13. The van der Waals surface area contributed by atoms with Crippen LogP contribution in [0.3, 0.4) is 0 Å². The molecule has 3 heteroatoms. The van der Waals surface area contributed by atoms with Crippen molar-refractivity contribution in [2.75, 3.05) is 11.9 Å². The number of hydrogen-bond acceptors (Lipinski definition) is 3. The topological polar surface area (TPSA) is 28.2 Å². The molecule has 0 aliphatic rings. The average molecular weight is 283 g/mol. The molecule has 21 heavy (non-hydrogen) atoms. The lowest BCUT2D eigenvalue weighted by Gasteiger charge is -2.25. The number of aromatic nitrogens is 1. The Morgan fingerprint density at radius 3 is 2.38 bits per heavy atom. The van der Waals surface area contributed by atoms with Gasteiger partial charge in [0.1, 0.15) is 0 Å². The zero-order valence-electron chi connectivity index (χ0n) is 13.6. The molecule has 0 aliphatic heterocycles. The molecule has 1 aromatic carbocycles. The van der Waals surface area contributed by atoms with E-state index in [1.54, 1.807) is 0 Å². The van der Waals surface area contributed by atoms with Crippen molar-refractivity contribution in [1.82, 2.24) is 10.3 Å². The van der Waals surface area contributed by atoms with Gasteiger partial charge in [-0.15, -0.1) is 0 Å². The first kappa shape index (κ1) is 15.5. The molecule has 0 bridgehead atoms. The van der Waals surface area contributed by atoms with E-state index in [1.807, 2.05) is 12.4 Å². The minimum absolute atomic E-state index is 0.0928. The minimum atomic E-state index is 0.0928. The number of rotatable bonds is 4. The molecule has 0 spiro atoms. The number of benzene rings is 1. The molecule has 0 aliphatic carbocycles. The Morgan fingerprint density at radius 2 is 1.76 bits per heavy atom. The van der Waals surface area contributed by atoms with E-state index in [0.29, 0.717) is 0 Å². The molecule has 0 fully saturated rings. The summed E-state index contributed by atoms with van der Waals surface area (Å²) in [6.07, 6.45) is 3.79. The Labute approximate surface area is 128 Å². The summed E-state index contributed by atoms with van der Waals surface area (Å²) in [4.78, 5) is 6.48. The lowest BCUT2D eigenvalue weighted by atomic mass is 10.1. The van der Waals surface area contributed by atoms with E-state index >= 15 is 0 Å². The van der Waals surface area contributed by atoms with Gasteiger partial charge < -0.3 is 10.2 Å². The highest BCUT2D eigenvalue weighted by atomic mass is 15.1. The van der Waals surface area contributed by atoms with Crippen molar-refractivity contribution in [3.63, 3.8) is 0 Å². The van der Waals surface area contributed by atoms with Crippen LogP contribution in [-0.4, -0.2) is 17.6 Å². The third-order valence-electron chi connectivity index (χ3n) is 3.47. The second kappa shape index (κ2) is 6.27. The minimum Gasteiger partial charge on any atom is -0.344 e. The molecule has 1 aromatic heterocycles. The first-order valence-electron chi connectivity index (χ1n) is 7.35. The highest BCUT2D eigenvalue weighted by Crippen LogP contribution is 2.26. The predicted octanol–water partition coefficient (Wildman–Crippen LogP) is 4.05. The maximum absolute atomic E-state index is 4.27. The molecule has 1 N–H and O–H groups in total. The van der Waals surface area contributed by atoms with Gasteiger partial charge in [0.25, 0.3) is 0 Å². The molecular formula is C18H25N3. The van der Waals surface area contributed by atoms with Crippen LogP contribution in [-0.2, 0) is 6.54 Å². The van der Waals surface area contributed by atoms with Crippen LogP contribution in [0, 0.1) is 6.92 Å². The number of hydrogen-bond donors (Lipinski definition) is 1. The molecule has 3 nitrogen and oxygen atoms in total. The molecule has 0 unspecified atom stereocenters. The third-order valence-corrected chi connectivity index (χ3v) is 3.47. The molecule has 112 valence electrons. The molecule has 1 heterocycles. The second-order valence-electron chi connectivity index (χ2n) is 6.50. The van der Waals surface area contributed by atoms with E-state index < -0.39 is 0 Å². The molecular weight excluding hydrogens is 258 g/mol. The lowest BCUT2D eigenvalue weighted by molar-refractivity contribution is 0.424. The summed E-state index contributed by atoms with van der Waals surface area (Å²) >= 11 is 0. The van der Waals surface area contributed by atoms with Crippen molar-refractivity contribution in [2.24, 2.45) is 0 Å². The zero-order valence-corrected chi connectivity index (χ0v) is 13.6.